The van der Waals surface area contributed by atoms with E-state index in [0.717, 1.165) is 11.6 Å². The largest absolute Gasteiger partial charge is 0.483 e. The molecule has 0 spiro atoms. The van der Waals surface area contributed by atoms with Crippen molar-refractivity contribution in [1.82, 2.24) is 14.5 Å². The van der Waals surface area contributed by atoms with Gasteiger partial charge in [-0.1, -0.05) is 50.2 Å². The van der Waals surface area contributed by atoms with Gasteiger partial charge in [-0.15, -0.1) is 11.3 Å². The minimum Gasteiger partial charge on any atom is -0.483 e. The van der Waals surface area contributed by atoms with Crippen LogP contribution in [0.2, 0.25) is 0 Å². The summed E-state index contributed by atoms with van der Waals surface area (Å²) in [5.41, 5.74) is -0.0385. The number of aliphatic hydroxyl groups is 1. The first-order valence-corrected chi connectivity index (χ1v) is 14.7. The first-order valence-electron chi connectivity index (χ1n) is 13.9. The molecule has 0 aliphatic carbocycles. The normalized spacial score (nSPS) is 16.2. The van der Waals surface area contributed by atoms with Crippen LogP contribution >= 0.6 is 11.3 Å². The second-order valence-electron chi connectivity index (χ2n) is 10.4. The average Bonchev–Trinajstić information content (AvgIpc) is 3.45. The van der Waals surface area contributed by atoms with Crippen molar-refractivity contribution in [3.05, 3.63) is 104 Å². The standard InChI is InChI=1S/C30H29F2N3O4S.C2H6/c1-18(2)34-16-30(3,17-36)35-14-23(28-33-13-22(40-28)11-20-9-10-21(31)12-24(20)32)26(37)27(25(35)29(34)38)39-15-19-7-5-4-6-8-19;1-2/h4-10,12-14,18,36H,11,15-17H2,1-3H3;1-2H3. The fraction of sp³-hybridized carbons (Fsp3) is 0.344. The Bertz CT molecular complexity index is 1620. The van der Waals surface area contributed by atoms with E-state index in [4.69, 9.17) is 4.74 Å². The van der Waals surface area contributed by atoms with E-state index in [2.05, 4.69) is 4.98 Å². The Kier molecular flexibility index (Phi) is 9.58. The second-order valence-corrected chi connectivity index (χ2v) is 11.5. The van der Waals surface area contributed by atoms with Crippen LogP contribution in [0, 0.1) is 11.6 Å². The van der Waals surface area contributed by atoms with Crippen molar-refractivity contribution >= 4 is 17.2 Å². The number of fused-ring (bicyclic) bond motifs is 1. The van der Waals surface area contributed by atoms with E-state index in [1.165, 1.54) is 23.5 Å². The molecular weight excluding hydrogens is 560 g/mol. The summed E-state index contributed by atoms with van der Waals surface area (Å²) >= 11 is 1.20. The summed E-state index contributed by atoms with van der Waals surface area (Å²) in [6.07, 6.45) is 3.28. The van der Waals surface area contributed by atoms with Crippen molar-refractivity contribution in [3.8, 4) is 16.3 Å². The fourth-order valence-corrected chi connectivity index (χ4v) is 5.74. The number of nitrogens with zero attached hydrogens (tertiary/aromatic N) is 3. The Hall–Kier alpha value is -3.89. The van der Waals surface area contributed by atoms with Crippen LogP contribution in [0.4, 0.5) is 8.78 Å². The number of pyridine rings is 1. The lowest BCUT2D eigenvalue weighted by atomic mass is 9.95. The van der Waals surface area contributed by atoms with E-state index >= 15 is 0 Å². The SMILES string of the molecule is CC.CC(C)N1CC(C)(CO)n2cc(-c3ncc(Cc4ccc(F)cc4F)s3)c(=O)c(OCc3ccccc3)c2C1=O. The summed E-state index contributed by atoms with van der Waals surface area (Å²) in [6.45, 7) is 9.58. The van der Waals surface area contributed by atoms with Gasteiger partial charge in [0.05, 0.1) is 17.7 Å². The van der Waals surface area contributed by atoms with E-state index in [9.17, 15) is 23.5 Å². The highest BCUT2D eigenvalue weighted by atomic mass is 32.1. The molecule has 1 aliphatic rings. The van der Waals surface area contributed by atoms with Crippen LogP contribution in [0.1, 0.15) is 61.1 Å². The second kappa shape index (κ2) is 13.0. The fourth-order valence-electron chi connectivity index (χ4n) is 4.79. The van der Waals surface area contributed by atoms with Crippen molar-refractivity contribution in [3.63, 3.8) is 0 Å². The van der Waals surface area contributed by atoms with Crippen molar-refractivity contribution in [2.45, 2.75) is 59.2 Å². The van der Waals surface area contributed by atoms with E-state index in [0.29, 0.717) is 15.4 Å². The highest BCUT2D eigenvalue weighted by Crippen LogP contribution is 2.35. The number of hydrogen-bond donors (Lipinski definition) is 1. The first kappa shape index (κ1) is 31.1. The van der Waals surface area contributed by atoms with Crippen LogP contribution in [0.5, 0.6) is 5.75 Å². The van der Waals surface area contributed by atoms with E-state index in [-0.39, 0.29) is 55.1 Å². The molecule has 1 amide bonds. The van der Waals surface area contributed by atoms with E-state index in [1.54, 1.807) is 21.9 Å². The summed E-state index contributed by atoms with van der Waals surface area (Å²) in [6, 6.07) is 12.5. The third-order valence-electron chi connectivity index (χ3n) is 7.07. The van der Waals surface area contributed by atoms with Gasteiger partial charge in [-0.05, 0) is 38.0 Å². The Morgan fingerprint density at radius 3 is 2.48 bits per heavy atom. The molecular formula is C32H35F2N3O4S. The zero-order valence-electron chi connectivity index (χ0n) is 24.4. The van der Waals surface area contributed by atoms with E-state index < -0.39 is 22.6 Å². The summed E-state index contributed by atoms with van der Waals surface area (Å²) < 4.78 is 35.3. The number of hydrogen-bond acceptors (Lipinski definition) is 6. The molecule has 0 radical (unpaired) electrons. The molecule has 1 aliphatic heterocycles. The number of benzene rings is 2. The van der Waals surface area contributed by atoms with Crippen molar-refractivity contribution in [2.24, 2.45) is 0 Å². The third kappa shape index (κ3) is 6.15. The monoisotopic (exact) mass is 595 g/mol. The van der Waals surface area contributed by atoms with Crippen LogP contribution in [-0.2, 0) is 18.6 Å². The number of rotatable bonds is 8. The number of thiazole rings is 1. The molecule has 4 aromatic rings. The van der Waals surface area contributed by atoms with Gasteiger partial charge in [0.25, 0.3) is 5.91 Å². The number of aromatic nitrogens is 2. The molecule has 222 valence electrons. The molecule has 2 aromatic carbocycles. The van der Waals surface area contributed by atoms with Crippen molar-refractivity contribution < 1.29 is 23.4 Å². The number of carbonyl (C=O) groups excluding carboxylic acids is 1. The minimum absolute atomic E-state index is 0.0598. The van der Waals surface area contributed by atoms with Gasteiger partial charge in [-0.2, -0.15) is 0 Å². The highest BCUT2D eigenvalue weighted by molar-refractivity contribution is 7.15. The molecule has 3 heterocycles. The zero-order chi connectivity index (χ0) is 30.6. The highest BCUT2D eigenvalue weighted by Gasteiger charge is 2.43. The Labute approximate surface area is 248 Å². The number of ether oxygens (including phenoxy) is 1. The molecule has 1 unspecified atom stereocenters. The van der Waals surface area contributed by atoms with Crippen molar-refractivity contribution in [1.29, 1.82) is 0 Å². The minimum atomic E-state index is -0.932. The number of carbonyl (C=O) groups is 1. The maximum Gasteiger partial charge on any atom is 0.274 e. The first-order chi connectivity index (χ1) is 20.1. The van der Waals surface area contributed by atoms with Gasteiger partial charge in [0.2, 0.25) is 5.43 Å². The lowest BCUT2D eigenvalue weighted by Gasteiger charge is -2.44. The van der Waals surface area contributed by atoms with Gasteiger partial charge in [-0.3, -0.25) is 9.59 Å². The topological polar surface area (TPSA) is 84.7 Å². The van der Waals surface area contributed by atoms with Crippen LogP contribution in [0.25, 0.3) is 10.6 Å². The Morgan fingerprint density at radius 1 is 1.12 bits per heavy atom. The van der Waals surface area contributed by atoms with Crippen LogP contribution in [0.15, 0.2) is 65.7 Å². The summed E-state index contributed by atoms with van der Waals surface area (Å²) in [5.74, 6) is -1.79. The van der Waals surface area contributed by atoms with Crippen molar-refractivity contribution in [2.75, 3.05) is 13.2 Å². The molecule has 2 aromatic heterocycles. The maximum atomic E-state index is 14.3. The number of aliphatic hydroxyl groups excluding tert-OH is 1. The molecule has 42 heavy (non-hydrogen) atoms. The predicted molar refractivity (Wildman–Crippen MR) is 160 cm³/mol. The smallest absolute Gasteiger partial charge is 0.274 e. The van der Waals surface area contributed by atoms with E-state index in [1.807, 2.05) is 65.0 Å². The average molecular weight is 596 g/mol. The molecule has 5 rings (SSSR count). The molecule has 7 nitrogen and oxygen atoms in total. The summed E-state index contributed by atoms with van der Waals surface area (Å²) in [4.78, 5) is 34.3. The third-order valence-corrected chi connectivity index (χ3v) is 8.11. The molecule has 10 heteroatoms. The zero-order valence-corrected chi connectivity index (χ0v) is 25.2. The van der Waals surface area contributed by atoms with Crippen LogP contribution in [-0.4, -0.2) is 44.7 Å². The molecule has 0 bridgehead atoms. The van der Waals surface area contributed by atoms with Gasteiger partial charge in [-0.25, -0.2) is 13.8 Å². The number of amides is 1. The van der Waals surface area contributed by atoms with Crippen LogP contribution in [0.3, 0.4) is 0 Å². The van der Waals surface area contributed by atoms with Gasteiger partial charge < -0.3 is 19.3 Å². The van der Waals surface area contributed by atoms with Gasteiger partial charge in [0.1, 0.15) is 23.2 Å². The number of halogens is 2. The molecule has 0 fully saturated rings. The maximum absolute atomic E-state index is 14.3. The predicted octanol–water partition coefficient (Wildman–Crippen LogP) is 6.02. The molecule has 1 N–H and O–H groups in total. The quantitative estimate of drug-likeness (QED) is 0.270. The molecule has 1 atom stereocenters. The summed E-state index contributed by atoms with van der Waals surface area (Å²) in [5, 5.41) is 10.8. The Morgan fingerprint density at radius 2 is 1.83 bits per heavy atom. The molecule has 0 saturated carbocycles. The lowest BCUT2D eigenvalue weighted by Crippen LogP contribution is -2.57. The van der Waals surface area contributed by atoms with Crippen LogP contribution < -0.4 is 10.2 Å². The Balaban J connectivity index is 0.00000198. The lowest BCUT2D eigenvalue weighted by molar-refractivity contribution is 0.0345. The summed E-state index contributed by atoms with van der Waals surface area (Å²) in [7, 11) is 0. The van der Waals surface area contributed by atoms with Gasteiger partial charge in [0, 0.05) is 42.3 Å². The van der Waals surface area contributed by atoms with Gasteiger partial charge in [0.15, 0.2) is 11.4 Å². The molecule has 0 saturated heterocycles. The van der Waals surface area contributed by atoms with Gasteiger partial charge >= 0.3 is 0 Å².